The third kappa shape index (κ3) is 3.96. The second-order valence-corrected chi connectivity index (χ2v) is 6.81. The van der Waals surface area contributed by atoms with E-state index in [0.29, 0.717) is 10.7 Å². The summed E-state index contributed by atoms with van der Waals surface area (Å²) in [6.07, 6.45) is 1.70. The number of fused-ring (bicyclic) bond motifs is 1. The van der Waals surface area contributed by atoms with Gasteiger partial charge in [-0.25, -0.2) is 15.4 Å². The van der Waals surface area contributed by atoms with E-state index in [2.05, 4.69) is 20.5 Å². The number of halogens is 1. The molecule has 0 unspecified atom stereocenters. The zero-order valence-electron chi connectivity index (χ0n) is 13.2. The van der Waals surface area contributed by atoms with Crippen LogP contribution in [-0.2, 0) is 11.2 Å². The second-order valence-electron chi connectivity index (χ2n) is 5.39. The van der Waals surface area contributed by atoms with E-state index in [4.69, 9.17) is 11.6 Å². The van der Waals surface area contributed by atoms with Crippen molar-refractivity contribution >= 4 is 46.0 Å². The van der Waals surface area contributed by atoms with Crippen LogP contribution in [0.15, 0.2) is 34.7 Å². The Morgan fingerprint density at radius 1 is 1.33 bits per heavy atom. The van der Waals surface area contributed by atoms with E-state index in [0.717, 1.165) is 27.2 Å². The molecule has 0 saturated carbocycles. The molecule has 2 heterocycles. The van der Waals surface area contributed by atoms with Crippen molar-refractivity contribution in [1.29, 1.82) is 0 Å². The number of carbonyl (C=O) groups excluding carboxylic acids is 1. The maximum atomic E-state index is 11.8. The summed E-state index contributed by atoms with van der Waals surface area (Å²) in [5.41, 5.74) is 5.83. The van der Waals surface area contributed by atoms with Gasteiger partial charge in [-0.05, 0) is 31.5 Å². The fraction of sp³-hybridized carbons (Fsp3) is 0.176. The van der Waals surface area contributed by atoms with Gasteiger partial charge in [0.25, 0.3) is 0 Å². The first-order chi connectivity index (χ1) is 11.5. The van der Waals surface area contributed by atoms with Gasteiger partial charge in [-0.15, -0.1) is 11.3 Å². The number of thiazole rings is 1. The molecule has 2 aromatic heterocycles. The molecule has 0 aliphatic carbocycles. The van der Waals surface area contributed by atoms with Crippen LogP contribution in [0.2, 0.25) is 5.15 Å². The maximum absolute atomic E-state index is 11.8. The Hall–Kier alpha value is -2.31. The van der Waals surface area contributed by atoms with E-state index in [1.165, 1.54) is 17.6 Å². The number of hydrogen-bond donors (Lipinski definition) is 1. The SMILES string of the molecule is Cc1ccc2cc(/C=N\NC(=O)Cc3csc(C)n3)c(Cl)nc2c1. The summed E-state index contributed by atoms with van der Waals surface area (Å²) >= 11 is 7.70. The second kappa shape index (κ2) is 7.07. The normalized spacial score (nSPS) is 11.3. The average Bonchev–Trinajstić information content (AvgIpc) is 2.93. The summed E-state index contributed by atoms with van der Waals surface area (Å²) in [7, 11) is 0. The molecule has 1 amide bonds. The van der Waals surface area contributed by atoms with Gasteiger partial charge in [0.2, 0.25) is 5.91 Å². The number of benzene rings is 1. The molecule has 1 aromatic carbocycles. The monoisotopic (exact) mass is 358 g/mol. The van der Waals surface area contributed by atoms with E-state index < -0.39 is 0 Å². The zero-order valence-corrected chi connectivity index (χ0v) is 14.8. The molecule has 0 bridgehead atoms. The van der Waals surface area contributed by atoms with Gasteiger partial charge in [0, 0.05) is 16.3 Å². The predicted molar refractivity (Wildman–Crippen MR) is 97.8 cm³/mol. The average molecular weight is 359 g/mol. The van der Waals surface area contributed by atoms with Crippen molar-refractivity contribution in [2.45, 2.75) is 20.3 Å². The van der Waals surface area contributed by atoms with Crippen LogP contribution in [0, 0.1) is 13.8 Å². The van der Waals surface area contributed by atoms with Crippen LogP contribution < -0.4 is 5.43 Å². The highest BCUT2D eigenvalue weighted by Crippen LogP contribution is 2.20. The quantitative estimate of drug-likeness (QED) is 0.439. The van der Waals surface area contributed by atoms with Gasteiger partial charge in [-0.2, -0.15) is 5.10 Å². The number of hydrogen-bond acceptors (Lipinski definition) is 5. The van der Waals surface area contributed by atoms with E-state index in [1.54, 1.807) is 0 Å². The number of carbonyl (C=O) groups is 1. The summed E-state index contributed by atoms with van der Waals surface area (Å²) in [5, 5.41) is 8.07. The van der Waals surface area contributed by atoms with Crippen LogP contribution in [0.5, 0.6) is 0 Å². The Morgan fingerprint density at radius 3 is 2.92 bits per heavy atom. The first-order valence-electron chi connectivity index (χ1n) is 7.31. The van der Waals surface area contributed by atoms with Gasteiger partial charge in [0.05, 0.1) is 28.9 Å². The van der Waals surface area contributed by atoms with Crippen LogP contribution in [-0.4, -0.2) is 22.1 Å². The van der Waals surface area contributed by atoms with Crippen molar-refractivity contribution in [2.75, 3.05) is 0 Å². The van der Waals surface area contributed by atoms with Crippen molar-refractivity contribution < 1.29 is 4.79 Å². The zero-order chi connectivity index (χ0) is 17.1. The third-order valence-electron chi connectivity index (χ3n) is 3.35. The van der Waals surface area contributed by atoms with Crippen LogP contribution in [0.1, 0.15) is 21.8 Å². The third-order valence-corrected chi connectivity index (χ3v) is 4.48. The lowest BCUT2D eigenvalue weighted by molar-refractivity contribution is -0.120. The van der Waals surface area contributed by atoms with Crippen LogP contribution in [0.4, 0.5) is 0 Å². The van der Waals surface area contributed by atoms with Crippen LogP contribution in [0.25, 0.3) is 10.9 Å². The van der Waals surface area contributed by atoms with Gasteiger partial charge in [0.1, 0.15) is 5.15 Å². The van der Waals surface area contributed by atoms with Crippen molar-refractivity contribution in [3.8, 4) is 0 Å². The smallest absolute Gasteiger partial charge is 0.246 e. The minimum atomic E-state index is -0.225. The molecule has 0 spiro atoms. The van der Waals surface area contributed by atoms with Crippen molar-refractivity contribution in [3.63, 3.8) is 0 Å². The Balaban J connectivity index is 1.69. The lowest BCUT2D eigenvalue weighted by Crippen LogP contribution is -2.20. The van der Waals surface area contributed by atoms with Gasteiger partial charge in [-0.1, -0.05) is 23.7 Å². The van der Waals surface area contributed by atoms with Gasteiger partial charge in [0.15, 0.2) is 0 Å². The first-order valence-corrected chi connectivity index (χ1v) is 8.57. The Bertz CT molecular complexity index is 935. The summed E-state index contributed by atoms with van der Waals surface area (Å²) < 4.78 is 0. The van der Waals surface area contributed by atoms with Crippen molar-refractivity contribution in [2.24, 2.45) is 5.10 Å². The summed E-state index contributed by atoms with van der Waals surface area (Å²) in [5.74, 6) is -0.225. The largest absolute Gasteiger partial charge is 0.273 e. The number of rotatable bonds is 4. The molecule has 3 rings (SSSR count). The first kappa shape index (κ1) is 16.5. The number of pyridine rings is 1. The van der Waals surface area contributed by atoms with Crippen molar-refractivity contribution in [3.05, 3.63) is 56.6 Å². The lowest BCUT2D eigenvalue weighted by atomic mass is 10.1. The highest BCUT2D eigenvalue weighted by atomic mass is 35.5. The predicted octanol–water partition coefficient (Wildman–Crippen LogP) is 3.65. The number of aryl methyl sites for hydroxylation is 2. The highest BCUT2D eigenvalue weighted by Gasteiger charge is 2.06. The highest BCUT2D eigenvalue weighted by molar-refractivity contribution is 7.09. The van der Waals surface area contributed by atoms with Crippen molar-refractivity contribution in [1.82, 2.24) is 15.4 Å². The topological polar surface area (TPSA) is 67.2 Å². The Labute approximate surface area is 148 Å². The molecule has 7 heteroatoms. The van der Waals surface area contributed by atoms with E-state index in [-0.39, 0.29) is 12.3 Å². The molecule has 1 N–H and O–H groups in total. The van der Waals surface area contributed by atoms with Gasteiger partial charge >= 0.3 is 0 Å². The van der Waals surface area contributed by atoms with Crippen LogP contribution in [0.3, 0.4) is 0 Å². The van der Waals surface area contributed by atoms with E-state index in [9.17, 15) is 4.79 Å². The molecule has 3 aromatic rings. The number of aromatic nitrogens is 2. The fourth-order valence-electron chi connectivity index (χ4n) is 2.23. The minimum Gasteiger partial charge on any atom is -0.273 e. The number of amides is 1. The maximum Gasteiger partial charge on any atom is 0.246 e. The number of nitrogens with one attached hydrogen (secondary N) is 1. The molecule has 0 aliphatic heterocycles. The molecule has 0 atom stereocenters. The van der Waals surface area contributed by atoms with Gasteiger partial charge < -0.3 is 0 Å². The number of nitrogens with zero attached hydrogens (tertiary/aromatic N) is 3. The Morgan fingerprint density at radius 2 is 2.17 bits per heavy atom. The molecular weight excluding hydrogens is 344 g/mol. The fourth-order valence-corrected chi connectivity index (χ4v) is 3.03. The molecule has 0 fully saturated rings. The summed E-state index contributed by atoms with van der Waals surface area (Å²) in [6.45, 7) is 3.91. The standard InChI is InChI=1S/C17H15ClN4OS/c1-10-3-4-12-6-13(17(18)21-15(12)5-10)8-19-22-16(23)7-14-9-24-11(2)20-14/h3-6,8-9H,7H2,1-2H3,(H,22,23)/b19-8-. The van der Waals surface area contributed by atoms with E-state index >= 15 is 0 Å². The summed E-state index contributed by atoms with van der Waals surface area (Å²) in [6, 6.07) is 7.86. The summed E-state index contributed by atoms with van der Waals surface area (Å²) in [4.78, 5) is 20.4. The van der Waals surface area contributed by atoms with E-state index in [1.807, 2.05) is 43.5 Å². The molecule has 0 saturated heterocycles. The van der Waals surface area contributed by atoms with Gasteiger partial charge in [-0.3, -0.25) is 4.79 Å². The lowest BCUT2D eigenvalue weighted by Gasteiger charge is -2.03. The molecule has 24 heavy (non-hydrogen) atoms. The minimum absolute atomic E-state index is 0.199. The number of hydrazone groups is 1. The molecule has 0 radical (unpaired) electrons. The molecule has 122 valence electrons. The molecule has 5 nitrogen and oxygen atoms in total. The Kier molecular flexibility index (Phi) is 4.87. The molecule has 0 aliphatic rings. The molecular formula is C17H15ClN4OS. The van der Waals surface area contributed by atoms with Crippen LogP contribution >= 0.6 is 22.9 Å².